The van der Waals surface area contributed by atoms with Crippen LogP contribution in [0.15, 0.2) is 30.3 Å². The molecule has 1 saturated heterocycles. The molecular weight excluding hydrogens is 276 g/mol. The maximum Gasteiger partial charge on any atom is 0.228 e. The molecule has 1 aliphatic carbocycles. The highest BCUT2D eigenvalue weighted by Gasteiger charge is 2.54. The Bertz CT molecular complexity index is 519. The Morgan fingerprint density at radius 2 is 2.23 bits per heavy atom. The number of nitrogens with one attached hydrogen (secondary N) is 1. The summed E-state index contributed by atoms with van der Waals surface area (Å²) in [5.41, 5.74) is 1.07. The number of hydrogen-bond donors (Lipinski definition) is 2. The topological polar surface area (TPSA) is 52.6 Å². The van der Waals surface area contributed by atoms with Crippen molar-refractivity contribution in [3.63, 3.8) is 0 Å². The van der Waals surface area contributed by atoms with Crippen LogP contribution >= 0.6 is 0 Å². The lowest BCUT2D eigenvalue weighted by Gasteiger charge is -2.29. The minimum absolute atomic E-state index is 0.000215. The zero-order valence-electron chi connectivity index (χ0n) is 13.3. The summed E-state index contributed by atoms with van der Waals surface area (Å²) in [6.45, 7) is 4.63. The van der Waals surface area contributed by atoms with Crippen LogP contribution < -0.4 is 5.32 Å². The van der Waals surface area contributed by atoms with Crippen molar-refractivity contribution in [2.24, 2.45) is 11.3 Å². The van der Waals surface area contributed by atoms with Crippen LogP contribution in [0.25, 0.3) is 0 Å². The second-order valence-corrected chi connectivity index (χ2v) is 6.96. The van der Waals surface area contributed by atoms with Crippen molar-refractivity contribution in [2.45, 2.75) is 38.8 Å². The van der Waals surface area contributed by atoms with E-state index in [4.69, 9.17) is 0 Å². The fourth-order valence-corrected chi connectivity index (χ4v) is 4.14. The fourth-order valence-electron chi connectivity index (χ4n) is 4.14. The van der Waals surface area contributed by atoms with E-state index in [-0.39, 0.29) is 24.0 Å². The number of rotatable bonds is 5. The van der Waals surface area contributed by atoms with E-state index < -0.39 is 0 Å². The van der Waals surface area contributed by atoms with Crippen LogP contribution in [0.2, 0.25) is 0 Å². The number of fused-ring (bicyclic) bond motifs is 1. The van der Waals surface area contributed by atoms with Gasteiger partial charge in [-0.3, -0.25) is 9.69 Å². The normalized spacial score (nSPS) is 29.3. The minimum Gasteiger partial charge on any atom is -0.394 e. The Labute approximate surface area is 132 Å². The fraction of sp³-hybridized carbons (Fsp3) is 0.611. The third-order valence-corrected chi connectivity index (χ3v) is 5.29. The lowest BCUT2D eigenvalue weighted by molar-refractivity contribution is -0.132. The summed E-state index contributed by atoms with van der Waals surface area (Å²) in [5.74, 6) is 0.606. The van der Waals surface area contributed by atoms with Gasteiger partial charge in [0.2, 0.25) is 5.91 Å². The molecule has 0 unspecified atom stereocenters. The maximum atomic E-state index is 12.8. The van der Waals surface area contributed by atoms with E-state index in [0.717, 1.165) is 38.9 Å². The van der Waals surface area contributed by atoms with E-state index in [9.17, 15) is 9.90 Å². The summed E-state index contributed by atoms with van der Waals surface area (Å²) in [7, 11) is 0. The summed E-state index contributed by atoms with van der Waals surface area (Å²) >= 11 is 0. The van der Waals surface area contributed by atoms with Gasteiger partial charge in [0.1, 0.15) is 0 Å². The Balaban J connectivity index is 1.69. The number of nitrogens with zero attached hydrogens (tertiary/aromatic N) is 1. The summed E-state index contributed by atoms with van der Waals surface area (Å²) in [5, 5.41) is 12.2. The Morgan fingerprint density at radius 1 is 1.45 bits per heavy atom. The first-order chi connectivity index (χ1) is 10.6. The molecule has 1 heterocycles. The first kappa shape index (κ1) is 15.5. The average Bonchev–Trinajstić information content (AvgIpc) is 3.05. The van der Waals surface area contributed by atoms with Gasteiger partial charge >= 0.3 is 0 Å². The highest BCUT2D eigenvalue weighted by molar-refractivity contribution is 5.84. The van der Waals surface area contributed by atoms with E-state index in [1.165, 1.54) is 5.56 Å². The molecule has 4 nitrogen and oxygen atoms in total. The Hall–Kier alpha value is -1.39. The standard InChI is InChI=1S/C18H26N2O2/c1-14(12-21)19-17(22)18-9-5-8-16(18)11-20(13-18)10-15-6-3-2-4-7-15/h2-4,6-7,14,16,21H,5,8-13H2,1H3,(H,19,22)/t14-,16-,18-/m1/s1. The number of aliphatic hydroxyl groups is 1. The first-order valence-corrected chi connectivity index (χ1v) is 8.32. The zero-order chi connectivity index (χ0) is 15.6. The molecule has 120 valence electrons. The molecule has 0 bridgehead atoms. The summed E-state index contributed by atoms with van der Waals surface area (Å²) in [4.78, 5) is 15.2. The third-order valence-electron chi connectivity index (χ3n) is 5.29. The van der Waals surface area contributed by atoms with Crippen LogP contribution in [-0.4, -0.2) is 41.7 Å². The maximum absolute atomic E-state index is 12.8. The molecule has 2 fully saturated rings. The average molecular weight is 302 g/mol. The van der Waals surface area contributed by atoms with Gasteiger partial charge < -0.3 is 10.4 Å². The van der Waals surface area contributed by atoms with Gasteiger partial charge in [-0.15, -0.1) is 0 Å². The molecule has 0 spiro atoms. The SMILES string of the molecule is C[C@H](CO)NC(=O)[C@@]12CCC[C@@H]1CN(Cc1ccccc1)C2. The molecular formula is C18H26N2O2. The molecule has 2 aliphatic rings. The van der Waals surface area contributed by atoms with Gasteiger partial charge in [-0.05, 0) is 31.2 Å². The van der Waals surface area contributed by atoms with Crippen molar-refractivity contribution in [3.05, 3.63) is 35.9 Å². The van der Waals surface area contributed by atoms with Crippen LogP contribution in [0.3, 0.4) is 0 Å². The van der Waals surface area contributed by atoms with Gasteiger partial charge in [-0.1, -0.05) is 36.8 Å². The van der Waals surface area contributed by atoms with Crippen molar-refractivity contribution in [1.82, 2.24) is 10.2 Å². The van der Waals surface area contributed by atoms with E-state index in [2.05, 4.69) is 34.5 Å². The van der Waals surface area contributed by atoms with E-state index in [1.54, 1.807) is 0 Å². The number of benzene rings is 1. The third kappa shape index (κ3) is 2.90. The van der Waals surface area contributed by atoms with Crippen molar-refractivity contribution >= 4 is 5.91 Å². The molecule has 0 aromatic heterocycles. The largest absolute Gasteiger partial charge is 0.394 e. The summed E-state index contributed by atoms with van der Waals surface area (Å²) < 4.78 is 0. The first-order valence-electron chi connectivity index (χ1n) is 8.32. The summed E-state index contributed by atoms with van der Waals surface area (Å²) in [6, 6.07) is 10.3. The van der Waals surface area contributed by atoms with Crippen LogP contribution in [0, 0.1) is 11.3 Å². The molecule has 1 saturated carbocycles. The van der Waals surface area contributed by atoms with E-state index >= 15 is 0 Å². The molecule has 1 aromatic carbocycles. The van der Waals surface area contributed by atoms with Crippen molar-refractivity contribution in [1.29, 1.82) is 0 Å². The molecule has 3 atom stereocenters. The lowest BCUT2D eigenvalue weighted by atomic mass is 9.79. The molecule has 0 radical (unpaired) electrons. The number of aliphatic hydroxyl groups excluding tert-OH is 1. The minimum atomic E-state index is -0.238. The quantitative estimate of drug-likeness (QED) is 0.872. The smallest absolute Gasteiger partial charge is 0.228 e. The van der Waals surface area contributed by atoms with Gasteiger partial charge in [0.15, 0.2) is 0 Å². The van der Waals surface area contributed by atoms with Crippen molar-refractivity contribution in [2.75, 3.05) is 19.7 Å². The van der Waals surface area contributed by atoms with Gasteiger partial charge in [0.05, 0.1) is 12.0 Å². The number of likely N-dealkylation sites (tertiary alicyclic amines) is 1. The zero-order valence-corrected chi connectivity index (χ0v) is 13.3. The molecule has 4 heteroatoms. The Morgan fingerprint density at radius 3 is 2.95 bits per heavy atom. The second-order valence-electron chi connectivity index (χ2n) is 6.96. The number of amides is 1. The summed E-state index contributed by atoms with van der Waals surface area (Å²) in [6.07, 6.45) is 3.27. The van der Waals surface area contributed by atoms with Crippen molar-refractivity contribution in [3.8, 4) is 0 Å². The van der Waals surface area contributed by atoms with E-state index in [0.29, 0.717) is 5.92 Å². The lowest BCUT2D eigenvalue weighted by Crippen LogP contribution is -2.48. The predicted octanol–water partition coefficient (Wildman–Crippen LogP) is 1.79. The van der Waals surface area contributed by atoms with Crippen LogP contribution in [0.1, 0.15) is 31.7 Å². The number of carbonyl (C=O) groups excluding carboxylic acids is 1. The van der Waals surface area contributed by atoms with Gasteiger partial charge in [0, 0.05) is 25.7 Å². The van der Waals surface area contributed by atoms with Crippen LogP contribution in [-0.2, 0) is 11.3 Å². The monoisotopic (exact) mass is 302 g/mol. The highest BCUT2D eigenvalue weighted by Crippen LogP contribution is 2.49. The molecule has 1 aliphatic heterocycles. The molecule has 1 aromatic rings. The molecule has 3 rings (SSSR count). The highest BCUT2D eigenvalue weighted by atomic mass is 16.3. The molecule has 1 amide bonds. The number of hydrogen-bond acceptors (Lipinski definition) is 3. The van der Waals surface area contributed by atoms with E-state index in [1.807, 2.05) is 13.0 Å². The molecule has 22 heavy (non-hydrogen) atoms. The van der Waals surface area contributed by atoms with Gasteiger partial charge in [-0.25, -0.2) is 0 Å². The molecule has 2 N–H and O–H groups in total. The predicted molar refractivity (Wildman–Crippen MR) is 86.2 cm³/mol. The second kappa shape index (κ2) is 6.39. The van der Waals surface area contributed by atoms with Gasteiger partial charge in [-0.2, -0.15) is 0 Å². The van der Waals surface area contributed by atoms with Crippen LogP contribution in [0.4, 0.5) is 0 Å². The Kier molecular flexibility index (Phi) is 4.50. The number of carbonyl (C=O) groups is 1. The van der Waals surface area contributed by atoms with Crippen LogP contribution in [0.5, 0.6) is 0 Å². The van der Waals surface area contributed by atoms with Crippen molar-refractivity contribution < 1.29 is 9.90 Å². The van der Waals surface area contributed by atoms with Gasteiger partial charge in [0.25, 0.3) is 0 Å².